The van der Waals surface area contributed by atoms with E-state index in [1.165, 1.54) is 6.07 Å². The third-order valence-corrected chi connectivity index (χ3v) is 5.63. The molecule has 6 nitrogen and oxygen atoms in total. The van der Waals surface area contributed by atoms with Crippen LogP contribution in [0.1, 0.15) is 21.8 Å². The van der Waals surface area contributed by atoms with E-state index >= 15 is 0 Å². The Labute approximate surface area is 183 Å². The minimum absolute atomic E-state index is 0.113. The van der Waals surface area contributed by atoms with Crippen LogP contribution in [0.3, 0.4) is 0 Å². The molecule has 1 aromatic heterocycles. The van der Waals surface area contributed by atoms with E-state index in [2.05, 4.69) is 15.0 Å². The number of carbonyl (C=O) groups is 1. The number of hydrogen-bond donors (Lipinski definition) is 0. The number of nitrogens with zero attached hydrogens (tertiary/aromatic N) is 4. The van der Waals surface area contributed by atoms with Gasteiger partial charge in [-0.15, -0.1) is 0 Å². The number of halogens is 3. The molecule has 1 saturated heterocycles. The van der Waals surface area contributed by atoms with Crippen molar-refractivity contribution >= 4 is 29.1 Å². The predicted octanol–water partition coefficient (Wildman–Crippen LogP) is 4.45. The van der Waals surface area contributed by atoms with Gasteiger partial charge in [0.25, 0.3) is 5.91 Å². The van der Waals surface area contributed by atoms with E-state index in [1.807, 2.05) is 0 Å². The zero-order valence-corrected chi connectivity index (χ0v) is 17.8. The molecule has 1 aliphatic rings. The molecule has 156 valence electrons. The number of rotatable bonds is 4. The van der Waals surface area contributed by atoms with Gasteiger partial charge >= 0.3 is 0 Å². The monoisotopic (exact) mass is 448 g/mol. The van der Waals surface area contributed by atoms with Crippen LogP contribution in [0, 0.1) is 12.7 Å². The van der Waals surface area contributed by atoms with Crippen molar-refractivity contribution in [3.05, 3.63) is 69.3 Å². The first-order valence-electron chi connectivity index (χ1n) is 9.46. The molecule has 0 radical (unpaired) electrons. The van der Waals surface area contributed by atoms with Gasteiger partial charge in [0.05, 0.1) is 17.1 Å². The van der Waals surface area contributed by atoms with Gasteiger partial charge in [0.15, 0.2) is 0 Å². The van der Waals surface area contributed by atoms with Crippen molar-refractivity contribution in [3.8, 4) is 11.4 Å². The summed E-state index contributed by atoms with van der Waals surface area (Å²) in [5, 5.41) is 4.80. The summed E-state index contributed by atoms with van der Waals surface area (Å²) in [4.78, 5) is 21.0. The molecule has 1 amide bonds. The summed E-state index contributed by atoms with van der Waals surface area (Å²) in [6.07, 6.45) is 0. The highest BCUT2D eigenvalue weighted by Gasteiger charge is 2.25. The molecule has 2 heterocycles. The standard InChI is InChI=1S/C21H19Cl2FN4O2/c1-13-2-3-14(10-18(13)24)20-25-19(30-26-20)12-27-6-8-28(9-7-27)21(29)16-5-4-15(22)11-17(16)23/h2-5,10-11H,6-9,12H2,1H3. The van der Waals surface area contributed by atoms with Crippen molar-refractivity contribution in [3.63, 3.8) is 0 Å². The van der Waals surface area contributed by atoms with Crippen LogP contribution in [0.4, 0.5) is 4.39 Å². The normalized spacial score (nSPS) is 14.9. The largest absolute Gasteiger partial charge is 0.338 e. The smallest absolute Gasteiger partial charge is 0.255 e. The summed E-state index contributed by atoms with van der Waals surface area (Å²) in [7, 11) is 0. The Morgan fingerprint density at radius 2 is 1.90 bits per heavy atom. The third kappa shape index (κ3) is 4.48. The molecule has 1 fully saturated rings. The van der Waals surface area contributed by atoms with Crippen LogP contribution < -0.4 is 0 Å². The molecule has 0 aliphatic carbocycles. The summed E-state index contributed by atoms with van der Waals surface area (Å²) in [6, 6.07) is 9.72. The number of piperazine rings is 1. The van der Waals surface area contributed by atoms with Crippen molar-refractivity contribution in [2.45, 2.75) is 13.5 Å². The highest BCUT2D eigenvalue weighted by atomic mass is 35.5. The van der Waals surface area contributed by atoms with Gasteiger partial charge in [0.2, 0.25) is 11.7 Å². The van der Waals surface area contributed by atoms with Gasteiger partial charge in [0, 0.05) is 36.8 Å². The number of benzene rings is 2. The maximum absolute atomic E-state index is 13.8. The second-order valence-corrected chi connectivity index (χ2v) is 8.01. The maximum atomic E-state index is 13.8. The number of hydrogen-bond acceptors (Lipinski definition) is 5. The van der Waals surface area contributed by atoms with Crippen molar-refractivity contribution < 1.29 is 13.7 Å². The fraction of sp³-hybridized carbons (Fsp3) is 0.286. The Hall–Kier alpha value is -2.48. The summed E-state index contributed by atoms with van der Waals surface area (Å²) < 4.78 is 19.1. The molecule has 2 aromatic carbocycles. The fourth-order valence-electron chi connectivity index (χ4n) is 3.30. The zero-order chi connectivity index (χ0) is 21.3. The average molecular weight is 449 g/mol. The topological polar surface area (TPSA) is 62.5 Å². The van der Waals surface area contributed by atoms with Crippen molar-refractivity contribution in [2.24, 2.45) is 0 Å². The van der Waals surface area contributed by atoms with Gasteiger partial charge in [-0.3, -0.25) is 9.69 Å². The lowest BCUT2D eigenvalue weighted by atomic mass is 10.1. The van der Waals surface area contributed by atoms with Crippen LogP contribution >= 0.6 is 23.2 Å². The molecule has 1 aliphatic heterocycles. The van der Waals surface area contributed by atoms with E-state index in [9.17, 15) is 9.18 Å². The molecule has 0 saturated carbocycles. The molecule has 4 rings (SSSR count). The lowest BCUT2D eigenvalue weighted by molar-refractivity contribution is 0.0615. The van der Waals surface area contributed by atoms with Crippen LogP contribution in [-0.2, 0) is 6.54 Å². The van der Waals surface area contributed by atoms with Crippen LogP contribution in [0.5, 0.6) is 0 Å². The van der Waals surface area contributed by atoms with E-state index in [4.69, 9.17) is 27.7 Å². The molecule has 3 aromatic rings. The van der Waals surface area contributed by atoms with Crippen LogP contribution in [0.2, 0.25) is 10.0 Å². The van der Waals surface area contributed by atoms with Crippen LogP contribution in [0.15, 0.2) is 40.9 Å². The summed E-state index contributed by atoms with van der Waals surface area (Å²) in [5.41, 5.74) is 1.58. The van der Waals surface area contributed by atoms with Gasteiger partial charge in [-0.1, -0.05) is 40.5 Å². The van der Waals surface area contributed by atoms with E-state index in [0.29, 0.717) is 71.2 Å². The zero-order valence-electron chi connectivity index (χ0n) is 16.2. The van der Waals surface area contributed by atoms with E-state index in [0.717, 1.165) is 0 Å². The Morgan fingerprint density at radius 3 is 2.60 bits per heavy atom. The number of amides is 1. The Balaban J connectivity index is 1.35. The molecule has 30 heavy (non-hydrogen) atoms. The third-order valence-electron chi connectivity index (χ3n) is 5.08. The lowest BCUT2D eigenvalue weighted by Gasteiger charge is -2.34. The minimum Gasteiger partial charge on any atom is -0.338 e. The first kappa shape index (κ1) is 20.8. The first-order chi connectivity index (χ1) is 14.4. The van der Waals surface area contributed by atoms with Gasteiger partial charge in [-0.25, -0.2) is 4.39 Å². The number of aryl methyl sites for hydroxylation is 1. The van der Waals surface area contributed by atoms with Crippen molar-refractivity contribution in [1.29, 1.82) is 0 Å². The van der Waals surface area contributed by atoms with Gasteiger partial charge in [-0.05, 0) is 36.8 Å². The second-order valence-electron chi connectivity index (χ2n) is 7.17. The van der Waals surface area contributed by atoms with E-state index in [-0.39, 0.29) is 11.7 Å². The summed E-state index contributed by atoms with van der Waals surface area (Å²) >= 11 is 12.1. The molecular formula is C21H19Cl2FN4O2. The molecule has 0 atom stereocenters. The molecule has 0 N–H and O–H groups in total. The Bertz CT molecular complexity index is 1080. The Morgan fingerprint density at radius 1 is 1.13 bits per heavy atom. The van der Waals surface area contributed by atoms with Gasteiger partial charge in [-0.2, -0.15) is 4.98 Å². The predicted molar refractivity (Wildman–Crippen MR) is 112 cm³/mol. The van der Waals surface area contributed by atoms with Gasteiger partial charge < -0.3 is 9.42 Å². The quantitative estimate of drug-likeness (QED) is 0.589. The maximum Gasteiger partial charge on any atom is 0.255 e. The number of carbonyl (C=O) groups excluding carboxylic acids is 1. The van der Waals surface area contributed by atoms with E-state index in [1.54, 1.807) is 42.2 Å². The van der Waals surface area contributed by atoms with Crippen molar-refractivity contribution in [1.82, 2.24) is 19.9 Å². The molecule has 0 spiro atoms. The minimum atomic E-state index is -0.305. The SMILES string of the molecule is Cc1ccc(-c2noc(CN3CCN(C(=O)c4ccc(Cl)cc4Cl)CC3)n2)cc1F. The summed E-state index contributed by atoms with van der Waals surface area (Å²) in [6.45, 7) is 4.60. The highest BCUT2D eigenvalue weighted by molar-refractivity contribution is 6.36. The van der Waals surface area contributed by atoms with E-state index < -0.39 is 0 Å². The van der Waals surface area contributed by atoms with Crippen molar-refractivity contribution in [2.75, 3.05) is 26.2 Å². The molecule has 0 bridgehead atoms. The molecule has 9 heteroatoms. The lowest BCUT2D eigenvalue weighted by Crippen LogP contribution is -2.48. The second kappa shape index (κ2) is 8.71. The average Bonchev–Trinajstić information content (AvgIpc) is 3.19. The number of aromatic nitrogens is 2. The highest BCUT2D eigenvalue weighted by Crippen LogP contribution is 2.23. The van der Waals surface area contributed by atoms with Crippen LogP contribution in [0.25, 0.3) is 11.4 Å². The molecule has 0 unspecified atom stereocenters. The first-order valence-corrected chi connectivity index (χ1v) is 10.2. The summed E-state index contributed by atoms with van der Waals surface area (Å²) in [5.74, 6) is 0.389. The Kier molecular flexibility index (Phi) is 6.04. The fourth-order valence-corrected chi connectivity index (χ4v) is 3.79. The van der Waals surface area contributed by atoms with Gasteiger partial charge in [0.1, 0.15) is 5.82 Å². The van der Waals surface area contributed by atoms with Crippen LogP contribution in [-0.4, -0.2) is 52.0 Å². The molecular weight excluding hydrogens is 430 g/mol.